The molecule has 0 unspecified atom stereocenters. The zero-order valence-electron chi connectivity index (χ0n) is 12.0. The Morgan fingerprint density at radius 3 is 3.00 bits per heavy atom. The zero-order chi connectivity index (χ0) is 15.0. The molecule has 1 aliphatic heterocycles. The minimum absolute atomic E-state index is 0.0763. The van der Waals surface area contributed by atoms with Gasteiger partial charge in [-0.25, -0.2) is 23.1 Å². The van der Waals surface area contributed by atoms with E-state index in [-0.39, 0.29) is 11.1 Å². The predicted molar refractivity (Wildman–Crippen MR) is 75.0 cm³/mol. The van der Waals surface area contributed by atoms with Crippen molar-refractivity contribution in [2.24, 2.45) is 0 Å². The van der Waals surface area contributed by atoms with Crippen LogP contribution >= 0.6 is 0 Å². The lowest BCUT2D eigenvalue weighted by Crippen LogP contribution is -2.33. The van der Waals surface area contributed by atoms with Gasteiger partial charge in [-0.3, -0.25) is 0 Å². The van der Waals surface area contributed by atoms with Crippen LogP contribution in [0.2, 0.25) is 0 Å². The highest BCUT2D eigenvalue weighted by molar-refractivity contribution is 7.89. The number of imidazole rings is 1. The summed E-state index contributed by atoms with van der Waals surface area (Å²) in [7, 11) is -3.63. The van der Waals surface area contributed by atoms with Crippen LogP contribution in [0.15, 0.2) is 11.2 Å². The summed E-state index contributed by atoms with van der Waals surface area (Å²) in [5.74, 6) is 2.00. The first-order chi connectivity index (χ1) is 9.99. The first kappa shape index (κ1) is 14.2. The summed E-state index contributed by atoms with van der Waals surface area (Å²) >= 11 is 0. The molecule has 0 amide bonds. The largest absolute Gasteiger partial charge is 0.332 e. The van der Waals surface area contributed by atoms with Crippen LogP contribution in [-0.4, -0.2) is 33.2 Å². The molecule has 0 spiro atoms. The fourth-order valence-electron chi connectivity index (χ4n) is 2.45. The third kappa shape index (κ3) is 2.70. The Hall–Kier alpha value is -1.74. The van der Waals surface area contributed by atoms with Gasteiger partial charge in [0, 0.05) is 13.0 Å². The van der Waals surface area contributed by atoms with Gasteiger partial charge in [0.1, 0.15) is 11.6 Å². The number of fused-ring (bicyclic) bond motifs is 1. The first-order valence-corrected chi connectivity index (χ1v) is 8.45. The molecule has 21 heavy (non-hydrogen) atoms. The first-order valence-electron chi connectivity index (χ1n) is 6.97. The maximum atomic E-state index is 12.4. The van der Waals surface area contributed by atoms with Gasteiger partial charge in [0.25, 0.3) is 10.0 Å². The summed E-state index contributed by atoms with van der Waals surface area (Å²) in [6, 6.07) is -0.347. The summed E-state index contributed by atoms with van der Waals surface area (Å²) in [4.78, 5) is 11.1. The molecule has 1 aliphatic rings. The molecule has 0 saturated heterocycles. The number of aromatic nitrogens is 5. The summed E-state index contributed by atoms with van der Waals surface area (Å²) in [5, 5.41) is 4.45. The molecule has 9 heteroatoms. The summed E-state index contributed by atoms with van der Waals surface area (Å²) in [6.45, 7) is 4.47. The summed E-state index contributed by atoms with van der Waals surface area (Å²) in [5.41, 5.74) is 0. The zero-order valence-corrected chi connectivity index (χ0v) is 12.8. The molecule has 0 aliphatic carbocycles. The SMILES string of the molecule is CCc1nc2n(n1)CCC[C@@H]2NS(=O)(=O)c1cnc(C)[nH]1. The molecule has 0 fully saturated rings. The van der Waals surface area contributed by atoms with Crippen LogP contribution in [0.5, 0.6) is 0 Å². The number of hydrogen-bond donors (Lipinski definition) is 2. The Morgan fingerprint density at radius 2 is 2.33 bits per heavy atom. The van der Waals surface area contributed by atoms with Crippen molar-refractivity contribution in [2.75, 3.05) is 0 Å². The Bertz CT molecular complexity index is 748. The Kier molecular flexibility index (Phi) is 3.54. The van der Waals surface area contributed by atoms with Crippen molar-refractivity contribution in [1.82, 2.24) is 29.5 Å². The van der Waals surface area contributed by atoms with E-state index in [2.05, 4.69) is 24.8 Å². The Labute approximate surface area is 123 Å². The molecule has 0 radical (unpaired) electrons. The van der Waals surface area contributed by atoms with Crippen LogP contribution < -0.4 is 4.72 Å². The molecule has 2 aromatic rings. The standard InChI is InChI=1S/C12H18N6O2S/c1-3-10-15-12-9(5-4-6-18(12)16-10)17-21(19,20)11-7-13-8(2)14-11/h7,9,17H,3-6H2,1-2H3,(H,13,14)/t9-/m0/s1. The van der Waals surface area contributed by atoms with E-state index < -0.39 is 10.0 Å². The maximum Gasteiger partial charge on any atom is 0.258 e. The topological polar surface area (TPSA) is 106 Å². The minimum Gasteiger partial charge on any atom is -0.332 e. The fourth-order valence-corrected chi connectivity index (χ4v) is 3.64. The van der Waals surface area contributed by atoms with E-state index in [1.165, 1.54) is 6.20 Å². The van der Waals surface area contributed by atoms with E-state index in [0.29, 0.717) is 18.1 Å². The molecule has 2 aromatic heterocycles. The number of hydrogen-bond acceptors (Lipinski definition) is 5. The molecule has 0 saturated carbocycles. The Morgan fingerprint density at radius 1 is 1.52 bits per heavy atom. The van der Waals surface area contributed by atoms with Crippen molar-refractivity contribution in [3.8, 4) is 0 Å². The highest BCUT2D eigenvalue weighted by atomic mass is 32.2. The Balaban J connectivity index is 1.88. The number of H-pyrrole nitrogens is 1. The molecule has 2 N–H and O–H groups in total. The molecule has 114 valence electrons. The third-order valence-corrected chi connectivity index (χ3v) is 4.88. The van der Waals surface area contributed by atoms with Crippen molar-refractivity contribution in [3.05, 3.63) is 23.7 Å². The van der Waals surface area contributed by atoms with Gasteiger partial charge < -0.3 is 4.98 Å². The van der Waals surface area contributed by atoms with Gasteiger partial charge in [0.2, 0.25) is 0 Å². The van der Waals surface area contributed by atoms with Crippen LogP contribution in [0, 0.1) is 6.92 Å². The van der Waals surface area contributed by atoms with Gasteiger partial charge in [-0.05, 0) is 19.8 Å². The fraction of sp³-hybridized carbons (Fsp3) is 0.583. The lowest BCUT2D eigenvalue weighted by Gasteiger charge is -2.22. The van der Waals surface area contributed by atoms with E-state index in [0.717, 1.165) is 25.2 Å². The average molecular weight is 310 g/mol. The van der Waals surface area contributed by atoms with Gasteiger partial charge in [0.05, 0.1) is 12.2 Å². The van der Waals surface area contributed by atoms with Crippen LogP contribution in [-0.2, 0) is 23.0 Å². The molecule has 0 bridgehead atoms. The minimum atomic E-state index is -3.63. The van der Waals surface area contributed by atoms with Crippen molar-refractivity contribution < 1.29 is 8.42 Å². The highest BCUT2D eigenvalue weighted by Crippen LogP contribution is 2.25. The van der Waals surface area contributed by atoms with E-state index in [9.17, 15) is 8.42 Å². The van der Waals surface area contributed by atoms with Crippen molar-refractivity contribution in [1.29, 1.82) is 0 Å². The number of nitrogens with zero attached hydrogens (tertiary/aromatic N) is 4. The second-order valence-corrected chi connectivity index (χ2v) is 6.79. The third-order valence-electron chi connectivity index (χ3n) is 3.50. The second kappa shape index (κ2) is 5.23. The number of nitrogens with one attached hydrogen (secondary N) is 2. The van der Waals surface area contributed by atoms with Crippen LogP contribution in [0.25, 0.3) is 0 Å². The number of rotatable bonds is 4. The highest BCUT2D eigenvalue weighted by Gasteiger charge is 2.29. The van der Waals surface area contributed by atoms with Crippen LogP contribution in [0.3, 0.4) is 0 Å². The lowest BCUT2D eigenvalue weighted by atomic mass is 10.1. The molecule has 0 aromatic carbocycles. The second-order valence-electron chi connectivity index (χ2n) is 5.11. The van der Waals surface area contributed by atoms with Gasteiger partial charge in [-0.15, -0.1) is 0 Å². The molecular formula is C12H18N6O2S. The normalized spacial score (nSPS) is 18.7. The van der Waals surface area contributed by atoms with Crippen molar-refractivity contribution in [3.63, 3.8) is 0 Å². The van der Waals surface area contributed by atoms with Crippen molar-refractivity contribution in [2.45, 2.75) is 50.7 Å². The van der Waals surface area contributed by atoms with Gasteiger partial charge in [0.15, 0.2) is 10.9 Å². The summed E-state index contributed by atoms with van der Waals surface area (Å²) < 4.78 is 29.2. The number of aryl methyl sites for hydroxylation is 3. The maximum absolute atomic E-state index is 12.4. The van der Waals surface area contributed by atoms with E-state index in [1.54, 1.807) is 11.6 Å². The van der Waals surface area contributed by atoms with Crippen LogP contribution in [0.4, 0.5) is 0 Å². The van der Waals surface area contributed by atoms with Gasteiger partial charge >= 0.3 is 0 Å². The van der Waals surface area contributed by atoms with Crippen molar-refractivity contribution >= 4 is 10.0 Å². The summed E-state index contributed by atoms with van der Waals surface area (Å²) in [6.07, 6.45) is 3.64. The molecule has 3 heterocycles. The van der Waals surface area contributed by atoms with E-state index in [1.807, 2.05) is 6.92 Å². The molecule has 3 rings (SSSR count). The van der Waals surface area contributed by atoms with E-state index in [4.69, 9.17) is 0 Å². The quantitative estimate of drug-likeness (QED) is 0.864. The van der Waals surface area contributed by atoms with Crippen LogP contribution in [0.1, 0.15) is 43.3 Å². The van der Waals surface area contributed by atoms with E-state index >= 15 is 0 Å². The van der Waals surface area contributed by atoms with Gasteiger partial charge in [-0.1, -0.05) is 6.92 Å². The predicted octanol–water partition coefficient (Wildman–Crippen LogP) is 0.685. The number of sulfonamides is 1. The molecule has 8 nitrogen and oxygen atoms in total. The smallest absolute Gasteiger partial charge is 0.258 e. The monoisotopic (exact) mass is 310 g/mol. The molecular weight excluding hydrogens is 292 g/mol. The van der Waals surface area contributed by atoms with Gasteiger partial charge in [-0.2, -0.15) is 9.82 Å². The lowest BCUT2D eigenvalue weighted by molar-refractivity contribution is 0.399. The number of aromatic amines is 1. The average Bonchev–Trinajstić information content (AvgIpc) is 3.05. The molecule has 1 atom stereocenters.